The minimum Gasteiger partial charge on any atom is -0.464 e. The Kier molecular flexibility index (Phi) is 10.5. The van der Waals surface area contributed by atoms with Crippen LogP contribution in [0.2, 0.25) is 0 Å². The highest BCUT2D eigenvalue weighted by atomic mass is 16.6. The van der Waals surface area contributed by atoms with Crippen molar-refractivity contribution in [3.8, 4) is 0 Å². The van der Waals surface area contributed by atoms with Crippen LogP contribution in [-0.2, 0) is 20.9 Å². The highest BCUT2D eigenvalue weighted by molar-refractivity contribution is 5.98. The minimum atomic E-state index is -0.727. The number of esters is 1. The Labute approximate surface area is 279 Å². The third kappa shape index (κ3) is 7.49. The van der Waals surface area contributed by atoms with Gasteiger partial charge < -0.3 is 20.1 Å². The fourth-order valence-corrected chi connectivity index (χ4v) is 8.82. The average Bonchev–Trinajstić information content (AvgIpc) is 3.71. The van der Waals surface area contributed by atoms with Gasteiger partial charge in [0.2, 0.25) is 5.96 Å². The van der Waals surface area contributed by atoms with Gasteiger partial charge in [0.05, 0.1) is 18.9 Å². The highest BCUT2D eigenvalue weighted by Gasteiger charge is 2.53. The Balaban J connectivity index is 1.13. The summed E-state index contributed by atoms with van der Waals surface area (Å²) in [7, 11) is 0. The summed E-state index contributed by atoms with van der Waals surface area (Å²) in [6, 6.07) is 8.80. The number of carbonyl (C=O) groups excluding carboxylic acids is 2. The molecule has 5 aliphatic rings. The van der Waals surface area contributed by atoms with Gasteiger partial charge in [-0.1, -0.05) is 67.8 Å². The van der Waals surface area contributed by atoms with Crippen LogP contribution in [0, 0.1) is 23.2 Å². The second-order valence-corrected chi connectivity index (χ2v) is 14.0. The van der Waals surface area contributed by atoms with Crippen molar-refractivity contribution in [1.82, 2.24) is 16.1 Å². The lowest BCUT2D eigenvalue weighted by Crippen LogP contribution is -2.42. The van der Waals surface area contributed by atoms with Gasteiger partial charge in [0.15, 0.2) is 0 Å². The van der Waals surface area contributed by atoms with Crippen LogP contribution in [0.3, 0.4) is 0 Å². The molecule has 0 radical (unpaired) electrons. The summed E-state index contributed by atoms with van der Waals surface area (Å²) in [5.74, 6) is 2.15. The summed E-state index contributed by atoms with van der Waals surface area (Å²) in [5.41, 5.74) is 11.5. The van der Waals surface area contributed by atoms with Crippen LogP contribution in [0.15, 0.2) is 75.4 Å². The first kappa shape index (κ1) is 33.0. The predicted octanol–water partition coefficient (Wildman–Crippen LogP) is 6.73. The number of nitrogens with one attached hydrogen (secondary N) is 3. The molecule has 1 aromatic rings. The number of hydrazone groups is 1. The smallest absolute Gasteiger partial charge is 0.408 e. The van der Waals surface area contributed by atoms with E-state index in [0.717, 1.165) is 81.7 Å². The van der Waals surface area contributed by atoms with Crippen molar-refractivity contribution in [2.45, 2.75) is 97.1 Å². The van der Waals surface area contributed by atoms with E-state index in [1.165, 1.54) is 24.0 Å². The number of unbranched alkanes of at least 4 members (excludes halogenated alkanes) is 1. The Hall–Kier alpha value is -3.88. The van der Waals surface area contributed by atoms with Crippen molar-refractivity contribution in [1.29, 1.82) is 0 Å². The Morgan fingerprint density at radius 3 is 2.77 bits per heavy atom. The van der Waals surface area contributed by atoms with E-state index in [1.807, 2.05) is 30.3 Å². The highest BCUT2D eigenvalue weighted by Crippen LogP contribution is 2.63. The van der Waals surface area contributed by atoms with Crippen molar-refractivity contribution in [2.24, 2.45) is 33.3 Å². The first-order valence-electron chi connectivity index (χ1n) is 17.7. The van der Waals surface area contributed by atoms with Crippen molar-refractivity contribution in [2.75, 3.05) is 19.7 Å². The average molecular weight is 642 g/mol. The first-order valence-corrected chi connectivity index (χ1v) is 17.7. The monoisotopic (exact) mass is 641 g/mol. The topological polar surface area (TPSA) is 113 Å². The number of aliphatic imine (C=N–C) groups is 1. The maximum atomic E-state index is 12.8. The molecule has 0 aromatic heterocycles. The van der Waals surface area contributed by atoms with Crippen LogP contribution in [0.25, 0.3) is 0 Å². The molecule has 1 aromatic carbocycles. The molecule has 1 unspecified atom stereocenters. The standard InChI is InChI=1S/C38H51N5O4/c1-4-46-35(44)33(41-37(45)47-24-26-10-6-5-7-11-26)13-9-8-12-28-23-38(3)25(2)14-19-32(38)31-17-15-27-22-29(16-18-30(27)34(28)31)42-43-36-39-20-21-40-36/h5-7,10-11,22,28,31-33H,2,4,8-9,12-21,23-24H2,1,3H3,(H,41,45)(H2,39,40,43)/t28-,31-,32-,33?,38+/m0/s1. The van der Waals surface area contributed by atoms with Crippen LogP contribution >= 0.6 is 0 Å². The number of alkyl carbamates (subject to hydrolysis) is 1. The number of fused-ring (bicyclic) bond motifs is 4. The van der Waals surface area contributed by atoms with Gasteiger partial charge in [-0.3, -0.25) is 0 Å². The lowest BCUT2D eigenvalue weighted by Gasteiger charge is -2.51. The van der Waals surface area contributed by atoms with Gasteiger partial charge in [-0.05, 0) is 111 Å². The molecule has 1 heterocycles. The molecule has 252 valence electrons. The lowest BCUT2D eigenvalue weighted by atomic mass is 9.53. The van der Waals surface area contributed by atoms with Crippen molar-refractivity contribution >= 4 is 23.7 Å². The predicted molar refractivity (Wildman–Crippen MR) is 185 cm³/mol. The Morgan fingerprint density at radius 2 is 1.98 bits per heavy atom. The fraction of sp³-hybridized carbons (Fsp3) is 0.579. The number of guanidine groups is 1. The molecular formula is C38H51N5O4. The lowest BCUT2D eigenvalue weighted by molar-refractivity contribution is -0.145. The van der Waals surface area contributed by atoms with E-state index in [2.05, 4.69) is 40.6 Å². The van der Waals surface area contributed by atoms with E-state index in [1.54, 1.807) is 18.1 Å². The molecule has 4 aliphatic carbocycles. The Morgan fingerprint density at radius 1 is 1.13 bits per heavy atom. The molecule has 0 bridgehead atoms. The van der Waals surface area contributed by atoms with Crippen LogP contribution < -0.4 is 16.1 Å². The van der Waals surface area contributed by atoms with Gasteiger partial charge in [-0.25, -0.2) is 20.0 Å². The van der Waals surface area contributed by atoms with Crippen molar-refractivity contribution < 1.29 is 19.1 Å². The molecule has 1 amide bonds. The zero-order valence-electron chi connectivity index (χ0n) is 28.1. The van der Waals surface area contributed by atoms with Gasteiger partial charge >= 0.3 is 12.1 Å². The number of rotatable bonds is 11. The molecule has 6 rings (SSSR count). The van der Waals surface area contributed by atoms with Crippen LogP contribution in [0.1, 0.15) is 90.0 Å². The SMILES string of the molecule is C=C1CC[C@H]2[C@@H]3CCC4=CC(=NNC5=NCCN5)CCC4=C3[C@@H](CCCCC(NC(=O)OCc3ccccc3)C(=O)OCC)C[C@]12C. The number of carbonyl (C=O) groups is 2. The summed E-state index contributed by atoms with van der Waals surface area (Å²) in [4.78, 5) is 29.8. The number of benzene rings is 1. The van der Waals surface area contributed by atoms with Crippen molar-refractivity contribution in [3.63, 3.8) is 0 Å². The van der Waals surface area contributed by atoms with Gasteiger partial charge in [-0.2, -0.15) is 5.10 Å². The van der Waals surface area contributed by atoms with E-state index >= 15 is 0 Å². The first-order chi connectivity index (χ1) is 22.9. The quantitative estimate of drug-likeness (QED) is 0.107. The summed E-state index contributed by atoms with van der Waals surface area (Å²) in [5, 5.41) is 10.7. The summed E-state index contributed by atoms with van der Waals surface area (Å²) in [6.45, 7) is 10.9. The van der Waals surface area contributed by atoms with Crippen molar-refractivity contribution in [3.05, 3.63) is 70.8 Å². The molecule has 0 saturated heterocycles. The fourth-order valence-electron chi connectivity index (χ4n) is 8.82. The molecule has 47 heavy (non-hydrogen) atoms. The minimum absolute atomic E-state index is 0.153. The molecule has 1 aliphatic heterocycles. The van der Waals surface area contributed by atoms with E-state index < -0.39 is 18.1 Å². The normalized spacial score (nSPS) is 27.9. The third-order valence-electron chi connectivity index (χ3n) is 11.2. The van der Waals surface area contributed by atoms with E-state index in [0.29, 0.717) is 24.2 Å². The van der Waals surface area contributed by atoms with Gasteiger partial charge in [0.1, 0.15) is 12.6 Å². The zero-order chi connectivity index (χ0) is 32.8. The van der Waals surface area contributed by atoms with Crippen LogP contribution in [0.4, 0.5) is 4.79 Å². The number of nitrogens with zero attached hydrogens (tertiary/aromatic N) is 2. The third-order valence-corrected chi connectivity index (χ3v) is 11.2. The van der Waals surface area contributed by atoms with Gasteiger partial charge in [-0.15, -0.1) is 0 Å². The molecule has 0 spiro atoms. The van der Waals surface area contributed by atoms with E-state index in [9.17, 15) is 9.59 Å². The van der Waals surface area contributed by atoms with Crippen LogP contribution in [-0.4, -0.2) is 49.5 Å². The molecule has 2 saturated carbocycles. The summed E-state index contributed by atoms with van der Waals surface area (Å²) < 4.78 is 10.7. The number of amides is 1. The summed E-state index contributed by atoms with van der Waals surface area (Å²) >= 11 is 0. The van der Waals surface area contributed by atoms with E-state index in [4.69, 9.17) is 14.6 Å². The number of allylic oxidation sites excluding steroid dienone is 5. The van der Waals surface area contributed by atoms with Crippen LogP contribution in [0.5, 0.6) is 0 Å². The second kappa shape index (κ2) is 14.9. The maximum Gasteiger partial charge on any atom is 0.408 e. The molecule has 9 heteroatoms. The number of ether oxygens (including phenoxy) is 2. The molecule has 3 N–H and O–H groups in total. The molecule has 9 nitrogen and oxygen atoms in total. The maximum absolute atomic E-state index is 12.8. The molecule has 2 fully saturated rings. The second-order valence-electron chi connectivity index (χ2n) is 14.0. The summed E-state index contributed by atoms with van der Waals surface area (Å²) in [6.07, 6.45) is 12.9. The largest absolute Gasteiger partial charge is 0.464 e. The van der Waals surface area contributed by atoms with Gasteiger partial charge in [0.25, 0.3) is 0 Å². The Bertz CT molecular complexity index is 1460. The van der Waals surface area contributed by atoms with E-state index in [-0.39, 0.29) is 18.6 Å². The molecule has 5 atom stereocenters. The number of hydrogen-bond donors (Lipinski definition) is 3. The molecular weight excluding hydrogens is 590 g/mol. The van der Waals surface area contributed by atoms with Gasteiger partial charge in [0, 0.05) is 6.54 Å². The number of hydrogen-bond acceptors (Lipinski definition) is 8. The zero-order valence-corrected chi connectivity index (χ0v) is 28.1.